The predicted molar refractivity (Wildman–Crippen MR) is 89.8 cm³/mol. The predicted octanol–water partition coefficient (Wildman–Crippen LogP) is 2.76. The van der Waals surface area contributed by atoms with Crippen molar-refractivity contribution in [2.75, 3.05) is 18.4 Å². The van der Waals surface area contributed by atoms with E-state index in [1.807, 2.05) is 0 Å². The van der Waals surface area contributed by atoms with Crippen LogP contribution in [0.4, 0.5) is 15.8 Å². The summed E-state index contributed by atoms with van der Waals surface area (Å²) in [4.78, 5) is 22.5. The summed E-state index contributed by atoms with van der Waals surface area (Å²) < 4.78 is 13.5. The summed E-state index contributed by atoms with van der Waals surface area (Å²) in [6.07, 6.45) is 0. The molecular weight excluding hydrogens is 327 g/mol. The molecular formula is C17H15FN4O3. The van der Waals surface area contributed by atoms with Crippen molar-refractivity contribution in [3.63, 3.8) is 0 Å². The van der Waals surface area contributed by atoms with Crippen LogP contribution in [0.2, 0.25) is 0 Å². The molecule has 8 heteroatoms. The lowest BCUT2D eigenvalue weighted by Gasteiger charge is -2.10. The van der Waals surface area contributed by atoms with Crippen molar-refractivity contribution in [1.82, 2.24) is 5.32 Å². The number of halogens is 1. The standard InChI is InChI=1S/C17H15FN4O3/c1-11-5-6-16(22(24)25)12(9-11)17(23)21-8-7-20-15-4-2-3-14(18)13(15)10-19/h2-6,9,20H,7-8H2,1H3,(H,21,23). The van der Waals surface area contributed by atoms with Gasteiger partial charge in [-0.05, 0) is 30.7 Å². The van der Waals surface area contributed by atoms with E-state index in [4.69, 9.17) is 5.26 Å². The summed E-state index contributed by atoms with van der Waals surface area (Å²) in [5.74, 6) is -1.20. The fourth-order valence-corrected chi connectivity index (χ4v) is 2.24. The Morgan fingerprint density at radius 3 is 2.76 bits per heavy atom. The molecule has 128 valence electrons. The SMILES string of the molecule is Cc1ccc([N+](=O)[O-])c(C(=O)NCCNc2cccc(F)c2C#N)c1. The van der Waals surface area contributed by atoms with Gasteiger partial charge < -0.3 is 10.6 Å². The normalized spacial score (nSPS) is 9.96. The number of nitrogens with one attached hydrogen (secondary N) is 2. The third-order valence-electron chi connectivity index (χ3n) is 3.44. The van der Waals surface area contributed by atoms with Crippen molar-refractivity contribution in [2.24, 2.45) is 0 Å². The van der Waals surface area contributed by atoms with E-state index in [0.29, 0.717) is 5.69 Å². The molecule has 0 saturated carbocycles. The van der Waals surface area contributed by atoms with E-state index in [1.165, 1.54) is 24.3 Å². The van der Waals surface area contributed by atoms with Crippen molar-refractivity contribution in [3.8, 4) is 6.07 Å². The summed E-state index contributed by atoms with van der Waals surface area (Å²) >= 11 is 0. The van der Waals surface area contributed by atoms with Crippen LogP contribution in [0.5, 0.6) is 0 Å². The first-order chi connectivity index (χ1) is 11.9. The molecule has 2 N–H and O–H groups in total. The van der Waals surface area contributed by atoms with Gasteiger partial charge in [-0.1, -0.05) is 12.1 Å². The lowest BCUT2D eigenvalue weighted by atomic mass is 10.1. The number of nitro benzene ring substituents is 1. The summed E-state index contributed by atoms with van der Waals surface area (Å²) in [5, 5.41) is 25.4. The first-order valence-corrected chi connectivity index (χ1v) is 7.39. The number of aryl methyl sites for hydroxylation is 1. The van der Waals surface area contributed by atoms with Crippen LogP contribution in [0.1, 0.15) is 21.5 Å². The second-order valence-corrected chi connectivity index (χ2v) is 5.23. The van der Waals surface area contributed by atoms with Gasteiger partial charge in [-0.2, -0.15) is 5.26 Å². The van der Waals surface area contributed by atoms with Crippen LogP contribution >= 0.6 is 0 Å². The van der Waals surface area contributed by atoms with Gasteiger partial charge in [0.15, 0.2) is 0 Å². The molecule has 25 heavy (non-hydrogen) atoms. The summed E-state index contributed by atoms with van der Waals surface area (Å²) in [6, 6.07) is 10.3. The highest BCUT2D eigenvalue weighted by Gasteiger charge is 2.19. The number of nitriles is 1. The van der Waals surface area contributed by atoms with Gasteiger partial charge in [0.2, 0.25) is 0 Å². The molecule has 0 aromatic heterocycles. The Hall–Kier alpha value is -3.47. The lowest BCUT2D eigenvalue weighted by Crippen LogP contribution is -2.29. The summed E-state index contributed by atoms with van der Waals surface area (Å²) in [6.45, 7) is 2.10. The lowest BCUT2D eigenvalue weighted by molar-refractivity contribution is -0.385. The molecule has 1 amide bonds. The maximum Gasteiger partial charge on any atom is 0.282 e. The van der Waals surface area contributed by atoms with Gasteiger partial charge >= 0.3 is 0 Å². The first kappa shape index (κ1) is 17.9. The Bertz CT molecular complexity index is 861. The number of nitrogens with zero attached hydrogens (tertiary/aromatic N) is 2. The number of benzene rings is 2. The first-order valence-electron chi connectivity index (χ1n) is 7.39. The molecule has 0 fully saturated rings. The van der Waals surface area contributed by atoms with Gasteiger partial charge in [0, 0.05) is 19.2 Å². The molecule has 7 nitrogen and oxygen atoms in total. The molecule has 0 spiro atoms. The second-order valence-electron chi connectivity index (χ2n) is 5.23. The number of rotatable bonds is 6. The molecule has 0 aliphatic carbocycles. The molecule has 0 bridgehead atoms. The van der Waals surface area contributed by atoms with E-state index in [0.717, 1.165) is 5.56 Å². The number of anilines is 1. The molecule has 2 rings (SSSR count). The fraction of sp³-hybridized carbons (Fsp3) is 0.176. The van der Waals surface area contributed by atoms with E-state index in [-0.39, 0.29) is 29.9 Å². The topological polar surface area (TPSA) is 108 Å². The third kappa shape index (κ3) is 4.29. The van der Waals surface area contributed by atoms with E-state index >= 15 is 0 Å². The molecule has 0 aliphatic rings. The zero-order valence-electron chi connectivity index (χ0n) is 13.4. The number of carbonyl (C=O) groups excluding carboxylic acids is 1. The van der Waals surface area contributed by atoms with Gasteiger partial charge in [-0.25, -0.2) is 4.39 Å². The Labute approximate surface area is 143 Å². The van der Waals surface area contributed by atoms with E-state index in [9.17, 15) is 19.3 Å². The van der Waals surface area contributed by atoms with E-state index in [1.54, 1.807) is 25.1 Å². The van der Waals surface area contributed by atoms with Crippen molar-refractivity contribution < 1.29 is 14.1 Å². The number of amides is 1. The molecule has 0 unspecified atom stereocenters. The van der Waals surface area contributed by atoms with Crippen molar-refractivity contribution in [3.05, 3.63) is 69.0 Å². The number of nitro groups is 1. The van der Waals surface area contributed by atoms with Crippen LogP contribution in [0.25, 0.3) is 0 Å². The van der Waals surface area contributed by atoms with Crippen LogP contribution in [0.15, 0.2) is 36.4 Å². The third-order valence-corrected chi connectivity index (χ3v) is 3.44. The number of hydrogen-bond donors (Lipinski definition) is 2. The molecule has 0 aliphatic heterocycles. The minimum Gasteiger partial charge on any atom is -0.382 e. The number of hydrogen-bond acceptors (Lipinski definition) is 5. The van der Waals surface area contributed by atoms with Gasteiger partial charge in [0.1, 0.15) is 23.0 Å². The monoisotopic (exact) mass is 342 g/mol. The number of carbonyl (C=O) groups is 1. The van der Waals surface area contributed by atoms with Crippen LogP contribution in [-0.2, 0) is 0 Å². The molecule has 2 aromatic carbocycles. The summed E-state index contributed by atoms with van der Waals surface area (Å²) in [5.41, 5.74) is 0.648. The Balaban J connectivity index is 1.98. The minimum absolute atomic E-state index is 0.0199. The van der Waals surface area contributed by atoms with Crippen LogP contribution < -0.4 is 10.6 Å². The molecule has 2 aromatic rings. The Morgan fingerprint density at radius 1 is 1.32 bits per heavy atom. The van der Waals surface area contributed by atoms with Gasteiger partial charge in [0.25, 0.3) is 11.6 Å². The fourth-order valence-electron chi connectivity index (χ4n) is 2.24. The second kappa shape index (κ2) is 7.88. The zero-order valence-corrected chi connectivity index (χ0v) is 13.4. The quantitative estimate of drug-likeness (QED) is 0.477. The average Bonchev–Trinajstić information content (AvgIpc) is 2.58. The maximum absolute atomic E-state index is 13.5. The largest absolute Gasteiger partial charge is 0.382 e. The molecule has 0 atom stereocenters. The average molecular weight is 342 g/mol. The smallest absolute Gasteiger partial charge is 0.282 e. The van der Waals surface area contributed by atoms with Crippen LogP contribution in [0, 0.1) is 34.2 Å². The van der Waals surface area contributed by atoms with Gasteiger partial charge in [0.05, 0.1) is 10.6 Å². The molecule has 0 radical (unpaired) electrons. The van der Waals surface area contributed by atoms with Crippen molar-refractivity contribution in [1.29, 1.82) is 5.26 Å². The maximum atomic E-state index is 13.5. The molecule has 0 heterocycles. The highest BCUT2D eigenvalue weighted by atomic mass is 19.1. The Kier molecular flexibility index (Phi) is 5.63. The minimum atomic E-state index is -0.632. The van der Waals surface area contributed by atoms with Gasteiger partial charge in [-0.15, -0.1) is 0 Å². The zero-order chi connectivity index (χ0) is 18.4. The van der Waals surface area contributed by atoms with E-state index in [2.05, 4.69) is 10.6 Å². The van der Waals surface area contributed by atoms with Crippen molar-refractivity contribution >= 4 is 17.3 Å². The van der Waals surface area contributed by atoms with Gasteiger partial charge in [-0.3, -0.25) is 14.9 Å². The Morgan fingerprint density at radius 2 is 2.08 bits per heavy atom. The van der Waals surface area contributed by atoms with Crippen LogP contribution in [0.3, 0.4) is 0 Å². The highest BCUT2D eigenvalue weighted by molar-refractivity contribution is 5.98. The highest BCUT2D eigenvalue weighted by Crippen LogP contribution is 2.20. The van der Waals surface area contributed by atoms with Crippen molar-refractivity contribution in [2.45, 2.75) is 6.92 Å². The summed E-state index contributed by atoms with van der Waals surface area (Å²) in [7, 11) is 0. The molecule has 0 saturated heterocycles. The van der Waals surface area contributed by atoms with Crippen LogP contribution in [-0.4, -0.2) is 23.9 Å². The van der Waals surface area contributed by atoms with E-state index < -0.39 is 16.6 Å².